The van der Waals surface area contributed by atoms with E-state index in [4.69, 9.17) is 0 Å². The minimum Gasteiger partial charge on any atom is -0.298 e. The van der Waals surface area contributed by atoms with Gasteiger partial charge in [-0.3, -0.25) is 9.69 Å². The molecule has 0 aliphatic carbocycles. The van der Waals surface area contributed by atoms with Crippen LogP contribution in [0.2, 0.25) is 0 Å². The van der Waals surface area contributed by atoms with Crippen LogP contribution < -0.4 is 0 Å². The van der Waals surface area contributed by atoms with Crippen LogP contribution in [-0.2, 0) is 11.2 Å². The summed E-state index contributed by atoms with van der Waals surface area (Å²) in [5.74, 6) is 0.377. The van der Waals surface area contributed by atoms with Crippen LogP contribution in [0.25, 0.3) is 0 Å². The molecule has 1 heterocycles. The van der Waals surface area contributed by atoms with E-state index in [9.17, 15) is 4.79 Å². The number of ketones is 1. The molecule has 18 heavy (non-hydrogen) atoms. The maximum absolute atomic E-state index is 12.5. The lowest BCUT2D eigenvalue weighted by atomic mass is 9.88. The average molecular weight is 267 g/mol. The van der Waals surface area contributed by atoms with Gasteiger partial charge in [0.2, 0.25) is 0 Å². The maximum Gasteiger partial charge on any atom is 0.153 e. The Labute approximate surface area is 115 Å². The van der Waals surface area contributed by atoms with Gasteiger partial charge >= 0.3 is 0 Å². The first-order valence-electron chi connectivity index (χ1n) is 6.89. The van der Waals surface area contributed by atoms with Gasteiger partial charge in [0, 0.05) is 11.3 Å². The van der Waals surface area contributed by atoms with Crippen molar-refractivity contribution in [3.05, 3.63) is 22.4 Å². The summed E-state index contributed by atoms with van der Waals surface area (Å²) in [5, 5.41) is 2.07. The highest BCUT2D eigenvalue weighted by molar-refractivity contribution is 7.09. The zero-order valence-electron chi connectivity index (χ0n) is 12.0. The van der Waals surface area contributed by atoms with E-state index in [1.165, 1.54) is 4.88 Å². The summed E-state index contributed by atoms with van der Waals surface area (Å²) in [6.45, 7) is 10.3. The molecule has 0 fully saturated rings. The highest BCUT2D eigenvalue weighted by Gasteiger charge is 2.35. The zero-order valence-corrected chi connectivity index (χ0v) is 12.8. The molecule has 0 saturated carbocycles. The molecule has 0 saturated heterocycles. The third-order valence-electron chi connectivity index (χ3n) is 3.93. The summed E-state index contributed by atoms with van der Waals surface area (Å²) in [6, 6.07) is 4.16. The number of rotatable bonds is 8. The van der Waals surface area contributed by atoms with E-state index >= 15 is 0 Å². The van der Waals surface area contributed by atoms with Crippen molar-refractivity contribution < 1.29 is 4.79 Å². The van der Waals surface area contributed by atoms with E-state index in [0.717, 1.165) is 25.9 Å². The van der Waals surface area contributed by atoms with Crippen LogP contribution >= 0.6 is 11.3 Å². The molecule has 1 atom stereocenters. The predicted molar refractivity (Wildman–Crippen MR) is 79.3 cm³/mol. The van der Waals surface area contributed by atoms with Crippen molar-refractivity contribution in [1.29, 1.82) is 0 Å². The molecule has 0 aliphatic heterocycles. The summed E-state index contributed by atoms with van der Waals surface area (Å²) in [5.41, 5.74) is -0.291. The molecule has 0 aromatic carbocycles. The first-order valence-corrected chi connectivity index (χ1v) is 7.77. The Morgan fingerprint density at radius 1 is 1.33 bits per heavy atom. The summed E-state index contributed by atoms with van der Waals surface area (Å²) in [4.78, 5) is 16.1. The monoisotopic (exact) mass is 267 g/mol. The molecule has 2 nitrogen and oxygen atoms in total. The maximum atomic E-state index is 12.5. The zero-order chi connectivity index (χ0) is 13.6. The number of carbonyl (C=O) groups excluding carboxylic acids is 1. The Balaban J connectivity index is 2.66. The highest BCUT2D eigenvalue weighted by Crippen LogP contribution is 2.23. The van der Waals surface area contributed by atoms with Gasteiger partial charge in [-0.25, -0.2) is 0 Å². The molecule has 3 heteroatoms. The van der Waals surface area contributed by atoms with E-state index in [0.29, 0.717) is 12.2 Å². The standard InChI is InChI=1S/C15H25NOS/c1-5-15(4,16(6-2)7-3)14(17)11-10-13-9-8-12-18-13/h8-9,12H,5-7,10-11H2,1-4H3. The fourth-order valence-corrected chi connectivity index (χ4v) is 3.19. The lowest BCUT2D eigenvalue weighted by Gasteiger charge is -2.38. The Kier molecular flexibility index (Phi) is 6.03. The van der Waals surface area contributed by atoms with Crippen LogP contribution in [0.3, 0.4) is 0 Å². The van der Waals surface area contributed by atoms with E-state index in [1.807, 2.05) is 6.07 Å². The number of hydrogen-bond donors (Lipinski definition) is 0. The van der Waals surface area contributed by atoms with Gasteiger partial charge in [0.1, 0.15) is 0 Å². The third-order valence-corrected chi connectivity index (χ3v) is 4.87. The topological polar surface area (TPSA) is 20.3 Å². The van der Waals surface area contributed by atoms with Crippen molar-refractivity contribution in [1.82, 2.24) is 4.90 Å². The molecule has 0 aliphatic rings. The second-order valence-corrected chi connectivity index (χ2v) is 5.83. The largest absolute Gasteiger partial charge is 0.298 e. The van der Waals surface area contributed by atoms with Crippen LogP contribution in [0.4, 0.5) is 0 Å². The quantitative estimate of drug-likeness (QED) is 0.715. The molecular formula is C15H25NOS. The summed E-state index contributed by atoms with van der Waals surface area (Å²) in [6.07, 6.45) is 2.42. The first-order chi connectivity index (χ1) is 8.58. The smallest absolute Gasteiger partial charge is 0.153 e. The van der Waals surface area contributed by atoms with Crippen molar-refractivity contribution in [3.8, 4) is 0 Å². The Morgan fingerprint density at radius 3 is 2.44 bits per heavy atom. The van der Waals surface area contributed by atoms with Gasteiger partial charge in [-0.1, -0.05) is 26.8 Å². The second kappa shape index (κ2) is 7.05. The van der Waals surface area contributed by atoms with Gasteiger partial charge in [-0.15, -0.1) is 11.3 Å². The third kappa shape index (κ3) is 3.42. The van der Waals surface area contributed by atoms with Crippen molar-refractivity contribution in [3.63, 3.8) is 0 Å². The number of thiophene rings is 1. The number of Topliss-reactive ketones (excluding diaryl/α,β-unsaturated/α-hetero) is 1. The van der Waals surface area contributed by atoms with Crippen LogP contribution in [0.15, 0.2) is 17.5 Å². The molecule has 1 aromatic rings. The Morgan fingerprint density at radius 2 is 2.00 bits per heavy atom. The highest BCUT2D eigenvalue weighted by atomic mass is 32.1. The molecule has 1 unspecified atom stereocenters. The lowest BCUT2D eigenvalue weighted by molar-refractivity contribution is -0.130. The fourth-order valence-electron chi connectivity index (χ4n) is 2.48. The number of aryl methyl sites for hydroxylation is 1. The molecule has 0 radical (unpaired) electrons. The Hall–Kier alpha value is -0.670. The van der Waals surface area contributed by atoms with E-state index < -0.39 is 0 Å². The predicted octanol–water partition coefficient (Wildman–Crippen LogP) is 3.76. The molecule has 1 aromatic heterocycles. The van der Waals surface area contributed by atoms with Crippen molar-refractivity contribution >= 4 is 17.1 Å². The van der Waals surface area contributed by atoms with Gasteiger partial charge in [-0.2, -0.15) is 0 Å². The van der Waals surface area contributed by atoms with Crippen LogP contribution in [0.1, 0.15) is 45.4 Å². The molecule has 0 amide bonds. The first kappa shape index (κ1) is 15.4. The van der Waals surface area contributed by atoms with Crippen LogP contribution in [0, 0.1) is 0 Å². The van der Waals surface area contributed by atoms with Crippen LogP contribution in [0.5, 0.6) is 0 Å². The normalized spacial score (nSPS) is 14.7. The second-order valence-electron chi connectivity index (χ2n) is 4.80. The summed E-state index contributed by atoms with van der Waals surface area (Å²) >= 11 is 1.74. The van der Waals surface area contributed by atoms with E-state index in [1.54, 1.807) is 11.3 Å². The molecule has 0 spiro atoms. The lowest BCUT2D eigenvalue weighted by Crippen LogP contribution is -2.52. The molecule has 0 bridgehead atoms. The number of nitrogens with zero attached hydrogens (tertiary/aromatic N) is 1. The van der Waals surface area contributed by atoms with E-state index in [2.05, 4.69) is 44.0 Å². The van der Waals surface area contributed by atoms with E-state index in [-0.39, 0.29) is 5.54 Å². The van der Waals surface area contributed by atoms with Crippen molar-refractivity contribution in [2.45, 2.75) is 52.5 Å². The molecular weight excluding hydrogens is 242 g/mol. The van der Waals surface area contributed by atoms with Crippen LogP contribution in [-0.4, -0.2) is 29.3 Å². The number of likely N-dealkylation sites (N-methyl/N-ethyl adjacent to an activating group) is 1. The van der Waals surface area contributed by atoms with Crippen molar-refractivity contribution in [2.24, 2.45) is 0 Å². The minimum absolute atomic E-state index is 0.291. The number of hydrogen-bond acceptors (Lipinski definition) is 3. The molecule has 0 N–H and O–H groups in total. The molecule has 102 valence electrons. The van der Waals surface area contributed by atoms with Gasteiger partial charge in [0.15, 0.2) is 5.78 Å². The van der Waals surface area contributed by atoms with Gasteiger partial charge in [0.25, 0.3) is 0 Å². The molecule has 1 rings (SSSR count). The van der Waals surface area contributed by atoms with Gasteiger partial charge in [0.05, 0.1) is 5.54 Å². The van der Waals surface area contributed by atoms with Gasteiger partial charge < -0.3 is 0 Å². The fraction of sp³-hybridized carbons (Fsp3) is 0.667. The summed E-state index contributed by atoms with van der Waals surface area (Å²) < 4.78 is 0. The summed E-state index contributed by atoms with van der Waals surface area (Å²) in [7, 11) is 0. The Bertz CT molecular complexity index is 357. The minimum atomic E-state index is -0.291. The SMILES string of the molecule is CCN(CC)C(C)(CC)C(=O)CCc1cccs1. The average Bonchev–Trinajstić information content (AvgIpc) is 2.90. The number of carbonyl (C=O) groups is 1. The van der Waals surface area contributed by atoms with Gasteiger partial charge in [-0.05, 0) is 44.3 Å². The van der Waals surface area contributed by atoms with Crippen molar-refractivity contribution in [2.75, 3.05) is 13.1 Å².